The number of nitrogens with zero attached hydrogens (tertiary/aromatic N) is 3. The molecule has 0 spiro atoms. The number of carbonyl (C=O) groups is 2. The third-order valence-electron chi connectivity index (χ3n) is 4.02. The highest BCUT2D eigenvalue weighted by Crippen LogP contribution is 2.25. The van der Waals surface area contributed by atoms with E-state index in [9.17, 15) is 9.59 Å². The molecule has 3 rings (SSSR count). The molecular formula is C16H18N4O4. The van der Waals surface area contributed by atoms with Crippen LogP contribution >= 0.6 is 0 Å². The summed E-state index contributed by atoms with van der Waals surface area (Å²) in [4.78, 5) is 33.0. The fraction of sp³-hybridized carbons (Fsp3) is 0.375. The largest absolute Gasteiger partial charge is 0.475 e. The van der Waals surface area contributed by atoms with E-state index < -0.39 is 5.97 Å². The maximum Gasteiger partial charge on any atom is 0.371 e. The first-order chi connectivity index (χ1) is 11.6. The topological polar surface area (TPSA) is 109 Å². The third-order valence-corrected chi connectivity index (χ3v) is 4.02. The monoisotopic (exact) mass is 330 g/mol. The van der Waals surface area contributed by atoms with Gasteiger partial charge in [0.05, 0.1) is 6.54 Å². The molecule has 1 atom stereocenters. The van der Waals surface area contributed by atoms with Crippen LogP contribution in [0.4, 0.5) is 4.79 Å². The van der Waals surface area contributed by atoms with Crippen LogP contribution < -0.4 is 5.32 Å². The SMILES string of the molecule is O=C(O)c1ccc(CNC(=O)N2CCC[C@@H](c3ccncn3)C2)o1. The Morgan fingerprint density at radius 3 is 2.96 bits per heavy atom. The molecule has 1 fully saturated rings. The number of hydrogen-bond acceptors (Lipinski definition) is 5. The lowest BCUT2D eigenvalue weighted by Gasteiger charge is -2.32. The van der Waals surface area contributed by atoms with E-state index in [1.165, 1.54) is 12.4 Å². The molecule has 2 N–H and O–H groups in total. The molecular weight excluding hydrogens is 312 g/mol. The number of carbonyl (C=O) groups excluding carboxylic acids is 1. The second-order valence-electron chi connectivity index (χ2n) is 5.65. The average molecular weight is 330 g/mol. The van der Waals surface area contributed by atoms with Gasteiger partial charge in [-0.2, -0.15) is 0 Å². The van der Waals surface area contributed by atoms with Crippen molar-refractivity contribution in [3.63, 3.8) is 0 Å². The maximum absolute atomic E-state index is 12.3. The Hall–Kier alpha value is -2.90. The summed E-state index contributed by atoms with van der Waals surface area (Å²) in [6.07, 6.45) is 5.12. The van der Waals surface area contributed by atoms with E-state index in [-0.39, 0.29) is 24.3 Å². The first kappa shape index (κ1) is 16.0. The number of aromatic nitrogens is 2. The first-order valence-corrected chi connectivity index (χ1v) is 7.74. The number of piperidine rings is 1. The number of urea groups is 1. The number of carboxylic acids is 1. The number of aromatic carboxylic acids is 1. The van der Waals surface area contributed by atoms with Crippen LogP contribution in [0.5, 0.6) is 0 Å². The third kappa shape index (κ3) is 3.70. The van der Waals surface area contributed by atoms with Crippen molar-refractivity contribution in [1.29, 1.82) is 0 Å². The van der Waals surface area contributed by atoms with Crippen LogP contribution in [0.1, 0.15) is 40.8 Å². The Kier molecular flexibility index (Phi) is 4.74. The van der Waals surface area contributed by atoms with Gasteiger partial charge < -0.3 is 19.7 Å². The standard InChI is InChI=1S/C16H18N4O4/c21-15(22)14-4-3-12(24-14)8-18-16(23)20-7-1-2-11(9-20)13-5-6-17-10-19-13/h3-6,10-11H,1-2,7-9H2,(H,18,23)(H,21,22)/t11-/m1/s1. The van der Waals surface area contributed by atoms with E-state index in [0.717, 1.165) is 18.5 Å². The van der Waals surface area contributed by atoms with Gasteiger partial charge in [-0.25, -0.2) is 19.6 Å². The highest BCUT2D eigenvalue weighted by atomic mass is 16.4. The van der Waals surface area contributed by atoms with E-state index in [4.69, 9.17) is 9.52 Å². The van der Waals surface area contributed by atoms with Crippen molar-refractivity contribution in [2.45, 2.75) is 25.3 Å². The van der Waals surface area contributed by atoms with Crippen molar-refractivity contribution in [2.75, 3.05) is 13.1 Å². The molecule has 0 bridgehead atoms. The summed E-state index contributed by atoms with van der Waals surface area (Å²) in [5.41, 5.74) is 0.944. The summed E-state index contributed by atoms with van der Waals surface area (Å²) in [6.45, 7) is 1.44. The van der Waals surface area contributed by atoms with Crippen molar-refractivity contribution < 1.29 is 19.1 Å². The molecule has 3 heterocycles. The molecule has 0 radical (unpaired) electrons. The molecule has 8 heteroatoms. The van der Waals surface area contributed by atoms with Crippen molar-refractivity contribution in [3.05, 3.63) is 47.9 Å². The highest BCUT2D eigenvalue weighted by molar-refractivity contribution is 5.84. The lowest BCUT2D eigenvalue weighted by Crippen LogP contribution is -2.44. The van der Waals surface area contributed by atoms with Gasteiger partial charge in [-0.1, -0.05) is 0 Å². The molecule has 2 amide bonds. The zero-order chi connectivity index (χ0) is 16.9. The van der Waals surface area contributed by atoms with Gasteiger partial charge in [-0.3, -0.25) is 0 Å². The summed E-state index contributed by atoms with van der Waals surface area (Å²) in [5, 5.41) is 11.6. The summed E-state index contributed by atoms with van der Waals surface area (Å²) >= 11 is 0. The van der Waals surface area contributed by atoms with Gasteiger partial charge >= 0.3 is 12.0 Å². The second-order valence-corrected chi connectivity index (χ2v) is 5.65. The van der Waals surface area contributed by atoms with Gasteiger partial charge in [0.2, 0.25) is 5.76 Å². The van der Waals surface area contributed by atoms with Crippen molar-refractivity contribution in [1.82, 2.24) is 20.2 Å². The number of rotatable bonds is 4. The summed E-state index contributed by atoms with van der Waals surface area (Å²) in [7, 11) is 0. The minimum absolute atomic E-state index is 0.138. The molecule has 2 aromatic rings. The molecule has 0 saturated carbocycles. The fourth-order valence-corrected chi connectivity index (χ4v) is 2.81. The van der Waals surface area contributed by atoms with Crippen molar-refractivity contribution in [2.24, 2.45) is 0 Å². The average Bonchev–Trinajstić information content (AvgIpc) is 3.10. The van der Waals surface area contributed by atoms with Crippen LogP contribution in [0.15, 0.2) is 35.1 Å². The minimum Gasteiger partial charge on any atom is -0.475 e. The van der Waals surface area contributed by atoms with Gasteiger partial charge in [0.15, 0.2) is 0 Å². The van der Waals surface area contributed by atoms with Crippen LogP contribution in [-0.2, 0) is 6.54 Å². The molecule has 0 unspecified atom stereocenters. The van der Waals surface area contributed by atoms with Crippen LogP contribution in [0.2, 0.25) is 0 Å². The second kappa shape index (κ2) is 7.12. The Morgan fingerprint density at radius 1 is 1.38 bits per heavy atom. The van der Waals surface area contributed by atoms with Crippen LogP contribution in [0, 0.1) is 0 Å². The molecule has 1 saturated heterocycles. The van der Waals surface area contributed by atoms with Crippen LogP contribution in [0.25, 0.3) is 0 Å². The Balaban J connectivity index is 1.55. The van der Waals surface area contributed by atoms with Gasteiger partial charge in [0.25, 0.3) is 0 Å². The van der Waals surface area contributed by atoms with E-state index in [2.05, 4.69) is 15.3 Å². The van der Waals surface area contributed by atoms with Gasteiger partial charge in [-0.05, 0) is 31.0 Å². The molecule has 2 aromatic heterocycles. The van der Waals surface area contributed by atoms with Gasteiger partial charge in [0, 0.05) is 30.9 Å². The molecule has 1 aliphatic rings. The van der Waals surface area contributed by atoms with Crippen LogP contribution in [-0.4, -0.2) is 45.1 Å². The Bertz CT molecular complexity index is 716. The predicted molar refractivity (Wildman–Crippen MR) is 83.5 cm³/mol. The zero-order valence-corrected chi connectivity index (χ0v) is 13.0. The highest BCUT2D eigenvalue weighted by Gasteiger charge is 2.25. The molecule has 0 aromatic carbocycles. The number of furan rings is 1. The number of nitrogens with one attached hydrogen (secondary N) is 1. The lowest BCUT2D eigenvalue weighted by atomic mass is 9.95. The molecule has 1 aliphatic heterocycles. The van der Waals surface area contributed by atoms with E-state index in [0.29, 0.717) is 18.8 Å². The Morgan fingerprint density at radius 2 is 2.25 bits per heavy atom. The number of hydrogen-bond donors (Lipinski definition) is 2. The lowest BCUT2D eigenvalue weighted by molar-refractivity contribution is 0.0660. The quantitative estimate of drug-likeness (QED) is 0.885. The van der Waals surface area contributed by atoms with E-state index in [1.54, 1.807) is 17.2 Å². The minimum atomic E-state index is -1.13. The van der Waals surface area contributed by atoms with Gasteiger partial charge in [0.1, 0.15) is 12.1 Å². The molecule has 24 heavy (non-hydrogen) atoms. The zero-order valence-electron chi connectivity index (χ0n) is 13.0. The number of likely N-dealkylation sites (tertiary alicyclic amines) is 1. The van der Waals surface area contributed by atoms with E-state index in [1.807, 2.05) is 6.07 Å². The van der Waals surface area contributed by atoms with Gasteiger partial charge in [-0.15, -0.1) is 0 Å². The molecule has 126 valence electrons. The van der Waals surface area contributed by atoms with Crippen LogP contribution in [0.3, 0.4) is 0 Å². The smallest absolute Gasteiger partial charge is 0.371 e. The van der Waals surface area contributed by atoms with Crippen molar-refractivity contribution in [3.8, 4) is 0 Å². The fourth-order valence-electron chi connectivity index (χ4n) is 2.81. The molecule has 0 aliphatic carbocycles. The predicted octanol–water partition coefficient (Wildman–Crippen LogP) is 1.86. The number of amides is 2. The maximum atomic E-state index is 12.3. The Labute approximate surface area is 138 Å². The first-order valence-electron chi connectivity index (χ1n) is 7.74. The van der Waals surface area contributed by atoms with Crippen molar-refractivity contribution >= 4 is 12.0 Å². The van der Waals surface area contributed by atoms with E-state index >= 15 is 0 Å². The summed E-state index contributed by atoms with van der Waals surface area (Å²) in [6, 6.07) is 4.60. The molecule has 8 nitrogen and oxygen atoms in total. The number of carboxylic acid groups (broad SMARTS) is 1. The normalized spacial score (nSPS) is 17.5. The summed E-state index contributed by atoms with van der Waals surface area (Å²) in [5.74, 6) is -0.655. The summed E-state index contributed by atoms with van der Waals surface area (Å²) < 4.78 is 5.12.